The minimum Gasteiger partial charge on any atom is -0.358 e. The van der Waals surface area contributed by atoms with Gasteiger partial charge in [0.15, 0.2) is 0 Å². The molecule has 0 radical (unpaired) electrons. The molecule has 0 saturated carbocycles. The number of fused-ring (bicyclic) bond motifs is 3. The van der Waals surface area contributed by atoms with Crippen LogP contribution in [0.3, 0.4) is 0 Å². The zero-order chi connectivity index (χ0) is 17.4. The molecule has 2 aliphatic rings. The van der Waals surface area contributed by atoms with Crippen molar-refractivity contribution < 1.29 is 4.79 Å². The second-order valence-electron chi connectivity index (χ2n) is 7.41. The summed E-state index contributed by atoms with van der Waals surface area (Å²) >= 11 is 0. The molecule has 0 unspecified atom stereocenters. The maximum absolute atomic E-state index is 12.8. The van der Waals surface area contributed by atoms with Gasteiger partial charge in [0, 0.05) is 67.8 Å². The molecule has 1 saturated heterocycles. The molecular weight excluding hydrogens is 312 g/mol. The molecule has 0 bridgehead atoms. The van der Waals surface area contributed by atoms with Crippen LogP contribution in [0.1, 0.15) is 23.7 Å². The molecule has 25 heavy (non-hydrogen) atoms. The average Bonchev–Trinajstić information content (AvgIpc) is 2.99. The zero-order valence-electron chi connectivity index (χ0n) is 15.3. The molecule has 0 spiro atoms. The second-order valence-corrected chi connectivity index (χ2v) is 7.41. The van der Waals surface area contributed by atoms with Crippen LogP contribution in [-0.2, 0) is 17.8 Å². The Morgan fingerprint density at radius 1 is 1.12 bits per heavy atom. The Bertz CT molecular complexity index is 773. The molecule has 1 aromatic heterocycles. The maximum atomic E-state index is 12.8. The number of nitrogens with one attached hydrogen (secondary N) is 1. The van der Waals surface area contributed by atoms with Gasteiger partial charge in [-0.25, -0.2) is 0 Å². The number of hydrogen-bond acceptors (Lipinski definition) is 3. The summed E-state index contributed by atoms with van der Waals surface area (Å²) in [6.07, 6.45) is 0.929. The van der Waals surface area contributed by atoms with Crippen LogP contribution in [0.2, 0.25) is 0 Å². The van der Waals surface area contributed by atoms with Crippen LogP contribution in [0.15, 0.2) is 18.2 Å². The number of aryl methyl sites for hydroxylation is 1. The lowest BCUT2D eigenvalue weighted by Gasteiger charge is -2.35. The average molecular weight is 340 g/mol. The van der Waals surface area contributed by atoms with E-state index in [1.54, 1.807) is 0 Å². The van der Waals surface area contributed by atoms with E-state index in [0.717, 1.165) is 52.2 Å². The molecule has 1 aromatic carbocycles. The minimum atomic E-state index is 0.276. The van der Waals surface area contributed by atoms with Crippen LogP contribution in [0.4, 0.5) is 0 Å². The number of carbonyl (C=O) groups excluding carboxylic acids is 1. The summed E-state index contributed by atoms with van der Waals surface area (Å²) in [6.45, 7) is 11.7. The van der Waals surface area contributed by atoms with Gasteiger partial charge in [-0.1, -0.05) is 18.6 Å². The molecule has 2 aromatic rings. The predicted molar refractivity (Wildman–Crippen MR) is 101 cm³/mol. The van der Waals surface area contributed by atoms with Gasteiger partial charge in [-0.05, 0) is 25.6 Å². The normalized spacial score (nSPS) is 19.4. The van der Waals surface area contributed by atoms with E-state index in [9.17, 15) is 4.79 Å². The van der Waals surface area contributed by atoms with E-state index in [2.05, 4.69) is 46.8 Å². The standard InChI is InChI=1S/C20H28N4O/c1-3-22-8-10-23(11-9-22)14-20(25)24-7-6-19-17(13-24)16-12-15(2)4-5-18(16)21-19/h4-5,12,21H,3,6-11,13-14H2,1-2H3. The number of hydrogen-bond donors (Lipinski definition) is 1. The Morgan fingerprint density at radius 2 is 1.88 bits per heavy atom. The van der Waals surface area contributed by atoms with Crippen molar-refractivity contribution >= 4 is 16.8 Å². The van der Waals surface area contributed by atoms with Crippen molar-refractivity contribution in [1.29, 1.82) is 0 Å². The Hall–Kier alpha value is -1.85. The largest absolute Gasteiger partial charge is 0.358 e. The number of rotatable bonds is 3. The van der Waals surface area contributed by atoms with Crippen molar-refractivity contribution in [1.82, 2.24) is 19.7 Å². The topological polar surface area (TPSA) is 42.6 Å². The van der Waals surface area contributed by atoms with E-state index in [-0.39, 0.29) is 5.91 Å². The molecule has 1 N–H and O–H groups in total. The van der Waals surface area contributed by atoms with Gasteiger partial charge >= 0.3 is 0 Å². The van der Waals surface area contributed by atoms with Gasteiger partial charge in [-0.15, -0.1) is 0 Å². The van der Waals surface area contributed by atoms with Gasteiger partial charge < -0.3 is 14.8 Å². The van der Waals surface area contributed by atoms with Crippen LogP contribution in [-0.4, -0.2) is 71.4 Å². The SMILES string of the molecule is CCN1CCN(CC(=O)N2CCc3[nH]c4ccc(C)cc4c3C2)CC1. The molecule has 5 nitrogen and oxygen atoms in total. The first-order valence-corrected chi connectivity index (χ1v) is 9.46. The third-order valence-corrected chi connectivity index (χ3v) is 5.75. The number of piperazine rings is 1. The highest BCUT2D eigenvalue weighted by atomic mass is 16.2. The summed E-state index contributed by atoms with van der Waals surface area (Å²) in [7, 11) is 0. The van der Waals surface area contributed by atoms with E-state index in [0.29, 0.717) is 6.54 Å². The van der Waals surface area contributed by atoms with Gasteiger partial charge in [0.2, 0.25) is 5.91 Å². The van der Waals surface area contributed by atoms with E-state index < -0.39 is 0 Å². The molecule has 1 amide bonds. The van der Waals surface area contributed by atoms with Crippen LogP contribution in [0.25, 0.3) is 10.9 Å². The number of carbonyl (C=O) groups is 1. The molecule has 3 heterocycles. The lowest BCUT2D eigenvalue weighted by molar-refractivity contribution is -0.133. The summed E-state index contributed by atoms with van der Waals surface area (Å²) in [4.78, 5) is 23.2. The Morgan fingerprint density at radius 3 is 2.64 bits per heavy atom. The fourth-order valence-electron chi connectivity index (χ4n) is 4.10. The lowest BCUT2D eigenvalue weighted by atomic mass is 10.0. The molecule has 134 valence electrons. The van der Waals surface area contributed by atoms with Crippen LogP contribution in [0.5, 0.6) is 0 Å². The quantitative estimate of drug-likeness (QED) is 0.929. The monoisotopic (exact) mass is 340 g/mol. The van der Waals surface area contributed by atoms with Gasteiger partial charge in [0.25, 0.3) is 0 Å². The highest BCUT2D eigenvalue weighted by molar-refractivity contribution is 5.87. The van der Waals surface area contributed by atoms with E-state index in [1.807, 2.05) is 4.90 Å². The minimum absolute atomic E-state index is 0.276. The van der Waals surface area contributed by atoms with Gasteiger partial charge in [0.1, 0.15) is 0 Å². The highest BCUT2D eigenvalue weighted by Crippen LogP contribution is 2.28. The molecule has 2 aliphatic heterocycles. The van der Waals surface area contributed by atoms with Crippen molar-refractivity contribution in [2.45, 2.75) is 26.8 Å². The first kappa shape index (κ1) is 16.6. The summed E-state index contributed by atoms with van der Waals surface area (Å²) in [5, 5.41) is 1.28. The lowest BCUT2D eigenvalue weighted by Crippen LogP contribution is -2.50. The molecule has 1 fully saturated rings. The second kappa shape index (κ2) is 6.81. The molecule has 0 atom stereocenters. The number of likely N-dealkylation sites (N-methyl/N-ethyl adjacent to an activating group) is 1. The van der Waals surface area contributed by atoms with Crippen LogP contribution < -0.4 is 0 Å². The third kappa shape index (κ3) is 3.31. The van der Waals surface area contributed by atoms with Crippen molar-refractivity contribution in [3.05, 3.63) is 35.0 Å². The number of nitrogens with zero attached hydrogens (tertiary/aromatic N) is 3. The Kier molecular flexibility index (Phi) is 4.52. The molecule has 0 aliphatic carbocycles. The van der Waals surface area contributed by atoms with Gasteiger partial charge in [-0.3, -0.25) is 9.69 Å². The number of amides is 1. The summed E-state index contributed by atoms with van der Waals surface area (Å²) < 4.78 is 0. The predicted octanol–water partition coefficient (Wildman–Crippen LogP) is 2.00. The Labute approximate surface area is 149 Å². The van der Waals surface area contributed by atoms with Crippen molar-refractivity contribution in [3.8, 4) is 0 Å². The fraction of sp³-hybridized carbons (Fsp3) is 0.550. The van der Waals surface area contributed by atoms with E-state index in [4.69, 9.17) is 0 Å². The van der Waals surface area contributed by atoms with Crippen LogP contribution in [0, 0.1) is 6.92 Å². The fourth-order valence-corrected chi connectivity index (χ4v) is 4.10. The number of aromatic amines is 1. The van der Waals surface area contributed by atoms with Gasteiger partial charge in [0.05, 0.1) is 6.54 Å². The summed E-state index contributed by atoms with van der Waals surface area (Å²) in [5.41, 5.74) is 5.09. The van der Waals surface area contributed by atoms with Crippen molar-refractivity contribution in [3.63, 3.8) is 0 Å². The molecular formula is C20H28N4O. The zero-order valence-corrected chi connectivity index (χ0v) is 15.3. The number of H-pyrrole nitrogens is 1. The molecule has 5 heteroatoms. The van der Waals surface area contributed by atoms with Crippen molar-refractivity contribution in [2.75, 3.05) is 45.8 Å². The maximum Gasteiger partial charge on any atom is 0.237 e. The summed E-state index contributed by atoms with van der Waals surface area (Å²) in [5.74, 6) is 0.276. The molecule has 4 rings (SSSR count). The first-order chi connectivity index (χ1) is 12.1. The number of aromatic nitrogens is 1. The van der Waals surface area contributed by atoms with Gasteiger partial charge in [-0.2, -0.15) is 0 Å². The van der Waals surface area contributed by atoms with Crippen molar-refractivity contribution in [2.24, 2.45) is 0 Å². The highest BCUT2D eigenvalue weighted by Gasteiger charge is 2.26. The first-order valence-electron chi connectivity index (χ1n) is 9.46. The smallest absolute Gasteiger partial charge is 0.237 e. The Balaban J connectivity index is 1.44. The van der Waals surface area contributed by atoms with E-state index >= 15 is 0 Å². The number of benzene rings is 1. The third-order valence-electron chi connectivity index (χ3n) is 5.75. The summed E-state index contributed by atoms with van der Waals surface area (Å²) in [6, 6.07) is 6.54. The van der Waals surface area contributed by atoms with E-state index in [1.165, 1.54) is 27.7 Å². The van der Waals surface area contributed by atoms with Crippen LogP contribution >= 0.6 is 0 Å².